The first-order valence-corrected chi connectivity index (χ1v) is 6.21. The summed E-state index contributed by atoms with van der Waals surface area (Å²) in [4.78, 5) is 11.6. The molecule has 0 spiro atoms. The Labute approximate surface area is 102 Å². The predicted octanol–water partition coefficient (Wildman–Crippen LogP) is 3.13. The highest BCUT2D eigenvalue weighted by Crippen LogP contribution is 2.27. The molecule has 0 saturated heterocycles. The molecule has 1 atom stereocenters. The van der Waals surface area contributed by atoms with Gasteiger partial charge in [0, 0.05) is 5.57 Å². The number of benzene rings is 1. The van der Waals surface area contributed by atoms with Gasteiger partial charge in [-0.3, -0.25) is 0 Å². The molecule has 0 amide bonds. The third kappa shape index (κ3) is 3.19. The van der Waals surface area contributed by atoms with E-state index in [2.05, 4.69) is 30.3 Å². The lowest BCUT2D eigenvalue weighted by Crippen LogP contribution is -2.05. The molecule has 0 aliphatic heterocycles. The van der Waals surface area contributed by atoms with E-state index in [1.165, 1.54) is 5.56 Å². The highest BCUT2D eigenvalue weighted by Gasteiger charge is 2.21. The first-order chi connectivity index (χ1) is 8.29. The Morgan fingerprint density at radius 2 is 2.12 bits per heavy atom. The quantitative estimate of drug-likeness (QED) is 0.743. The summed E-state index contributed by atoms with van der Waals surface area (Å²) < 4.78 is 5.02. The van der Waals surface area contributed by atoms with Crippen molar-refractivity contribution in [3.05, 3.63) is 47.5 Å². The molecule has 0 saturated carbocycles. The topological polar surface area (TPSA) is 26.3 Å². The number of rotatable bonds is 4. The van der Waals surface area contributed by atoms with Crippen LogP contribution in [0.4, 0.5) is 0 Å². The minimum absolute atomic E-state index is 0.136. The van der Waals surface area contributed by atoms with E-state index in [-0.39, 0.29) is 5.97 Å². The van der Waals surface area contributed by atoms with Crippen LogP contribution < -0.4 is 0 Å². The molecule has 1 aliphatic carbocycles. The van der Waals surface area contributed by atoms with E-state index in [1.54, 1.807) is 0 Å². The lowest BCUT2D eigenvalue weighted by atomic mass is 9.99. The van der Waals surface area contributed by atoms with Crippen molar-refractivity contribution in [3.63, 3.8) is 0 Å². The molecule has 2 heteroatoms. The molecule has 1 aromatic carbocycles. The summed E-state index contributed by atoms with van der Waals surface area (Å²) in [5.74, 6) is 0.347. The van der Waals surface area contributed by atoms with Gasteiger partial charge in [-0.05, 0) is 37.7 Å². The number of hydrogen-bond acceptors (Lipinski definition) is 2. The summed E-state index contributed by atoms with van der Waals surface area (Å²) >= 11 is 0. The molecule has 2 nitrogen and oxygen atoms in total. The van der Waals surface area contributed by atoms with Gasteiger partial charge in [0.05, 0.1) is 6.61 Å². The second kappa shape index (κ2) is 5.67. The number of carbonyl (C=O) groups excluding carboxylic acids is 1. The SMILES string of the molecule is CCOC(=O)C1=CC(Cc2ccccc2)CC1. The van der Waals surface area contributed by atoms with Gasteiger partial charge < -0.3 is 4.74 Å². The van der Waals surface area contributed by atoms with Crippen molar-refractivity contribution >= 4 is 5.97 Å². The van der Waals surface area contributed by atoms with Crippen LogP contribution in [0.3, 0.4) is 0 Å². The average Bonchev–Trinajstić information content (AvgIpc) is 2.79. The molecule has 0 bridgehead atoms. The van der Waals surface area contributed by atoms with Crippen LogP contribution in [-0.2, 0) is 16.0 Å². The smallest absolute Gasteiger partial charge is 0.333 e. The predicted molar refractivity (Wildman–Crippen MR) is 67.6 cm³/mol. The van der Waals surface area contributed by atoms with Crippen molar-refractivity contribution in [2.24, 2.45) is 5.92 Å². The van der Waals surface area contributed by atoms with Crippen molar-refractivity contribution in [1.29, 1.82) is 0 Å². The minimum atomic E-state index is -0.136. The second-order valence-electron chi connectivity index (χ2n) is 4.40. The molecular weight excluding hydrogens is 212 g/mol. The van der Waals surface area contributed by atoms with E-state index in [4.69, 9.17) is 4.74 Å². The summed E-state index contributed by atoms with van der Waals surface area (Å²) in [5.41, 5.74) is 2.19. The molecule has 0 aromatic heterocycles. The van der Waals surface area contributed by atoms with Crippen molar-refractivity contribution in [1.82, 2.24) is 0 Å². The monoisotopic (exact) mass is 230 g/mol. The molecule has 2 rings (SSSR count). The molecule has 0 radical (unpaired) electrons. The van der Waals surface area contributed by atoms with Crippen LogP contribution in [0.2, 0.25) is 0 Å². The summed E-state index contributed by atoms with van der Waals surface area (Å²) in [6, 6.07) is 10.4. The number of esters is 1. The first kappa shape index (κ1) is 11.9. The molecule has 1 unspecified atom stereocenters. The van der Waals surface area contributed by atoms with Crippen molar-refractivity contribution < 1.29 is 9.53 Å². The Kier molecular flexibility index (Phi) is 3.97. The molecule has 0 fully saturated rings. The summed E-state index contributed by atoms with van der Waals surface area (Å²) in [6.07, 6.45) is 5.02. The number of hydrogen-bond donors (Lipinski definition) is 0. The van der Waals surface area contributed by atoms with Gasteiger partial charge in [0.2, 0.25) is 0 Å². The lowest BCUT2D eigenvalue weighted by Gasteiger charge is -2.06. The second-order valence-corrected chi connectivity index (χ2v) is 4.40. The van der Waals surface area contributed by atoms with Gasteiger partial charge in [0.25, 0.3) is 0 Å². The van der Waals surface area contributed by atoms with Gasteiger partial charge >= 0.3 is 5.97 Å². The Morgan fingerprint density at radius 1 is 1.35 bits per heavy atom. The fourth-order valence-corrected chi connectivity index (χ4v) is 2.26. The highest BCUT2D eigenvalue weighted by molar-refractivity contribution is 5.88. The van der Waals surface area contributed by atoms with E-state index in [1.807, 2.05) is 13.0 Å². The molecule has 1 aliphatic rings. The normalized spacial score (nSPS) is 18.9. The molecular formula is C15H18O2. The highest BCUT2D eigenvalue weighted by atomic mass is 16.5. The van der Waals surface area contributed by atoms with Crippen LogP contribution in [-0.4, -0.2) is 12.6 Å². The van der Waals surface area contributed by atoms with Gasteiger partial charge in [-0.1, -0.05) is 36.4 Å². The Morgan fingerprint density at radius 3 is 2.82 bits per heavy atom. The van der Waals surface area contributed by atoms with Gasteiger partial charge in [0.1, 0.15) is 0 Å². The number of ether oxygens (including phenoxy) is 1. The third-order valence-corrected chi connectivity index (χ3v) is 3.10. The van der Waals surface area contributed by atoms with Gasteiger partial charge in [-0.2, -0.15) is 0 Å². The van der Waals surface area contributed by atoms with Gasteiger partial charge in [-0.15, -0.1) is 0 Å². The average molecular weight is 230 g/mol. The first-order valence-electron chi connectivity index (χ1n) is 6.21. The summed E-state index contributed by atoms with van der Waals surface area (Å²) in [5, 5.41) is 0. The summed E-state index contributed by atoms with van der Waals surface area (Å²) in [6.45, 7) is 2.30. The largest absolute Gasteiger partial charge is 0.463 e. The summed E-state index contributed by atoms with van der Waals surface area (Å²) in [7, 11) is 0. The van der Waals surface area contributed by atoms with Crippen molar-refractivity contribution in [2.45, 2.75) is 26.2 Å². The zero-order valence-electron chi connectivity index (χ0n) is 10.2. The molecule has 0 heterocycles. The van der Waals surface area contributed by atoms with Crippen LogP contribution in [0.1, 0.15) is 25.3 Å². The van der Waals surface area contributed by atoms with Gasteiger partial charge in [0.15, 0.2) is 0 Å². The maximum atomic E-state index is 11.6. The Hall–Kier alpha value is -1.57. The van der Waals surface area contributed by atoms with E-state index >= 15 is 0 Å². The van der Waals surface area contributed by atoms with Gasteiger partial charge in [-0.25, -0.2) is 4.79 Å². The van der Waals surface area contributed by atoms with E-state index in [0.29, 0.717) is 12.5 Å². The fraction of sp³-hybridized carbons (Fsp3) is 0.400. The molecule has 17 heavy (non-hydrogen) atoms. The van der Waals surface area contributed by atoms with Crippen LogP contribution in [0.15, 0.2) is 42.0 Å². The molecule has 0 N–H and O–H groups in total. The number of allylic oxidation sites excluding steroid dienone is 1. The van der Waals surface area contributed by atoms with Crippen LogP contribution in [0.5, 0.6) is 0 Å². The van der Waals surface area contributed by atoms with Crippen molar-refractivity contribution in [3.8, 4) is 0 Å². The van der Waals surface area contributed by atoms with E-state index < -0.39 is 0 Å². The lowest BCUT2D eigenvalue weighted by molar-refractivity contribution is -0.138. The zero-order valence-corrected chi connectivity index (χ0v) is 10.2. The van der Waals surface area contributed by atoms with E-state index in [0.717, 1.165) is 24.8 Å². The third-order valence-electron chi connectivity index (χ3n) is 3.10. The van der Waals surface area contributed by atoms with Crippen LogP contribution >= 0.6 is 0 Å². The maximum absolute atomic E-state index is 11.6. The minimum Gasteiger partial charge on any atom is -0.463 e. The number of carbonyl (C=O) groups is 1. The Bertz CT molecular complexity index is 406. The van der Waals surface area contributed by atoms with Crippen LogP contribution in [0.25, 0.3) is 0 Å². The van der Waals surface area contributed by atoms with Crippen molar-refractivity contribution in [2.75, 3.05) is 6.61 Å². The molecule has 90 valence electrons. The standard InChI is InChI=1S/C15H18O2/c1-2-17-15(16)14-9-8-13(11-14)10-12-6-4-3-5-7-12/h3-7,11,13H,2,8-10H2,1H3. The fourth-order valence-electron chi connectivity index (χ4n) is 2.26. The van der Waals surface area contributed by atoms with Crippen LogP contribution in [0, 0.1) is 5.92 Å². The Balaban J connectivity index is 1.95. The maximum Gasteiger partial charge on any atom is 0.333 e. The zero-order chi connectivity index (χ0) is 12.1. The molecule has 1 aromatic rings. The van der Waals surface area contributed by atoms with E-state index in [9.17, 15) is 4.79 Å².